The molecule has 0 fully saturated rings. The molecule has 92 valence electrons. The summed E-state index contributed by atoms with van der Waals surface area (Å²) >= 11 is 2.99. The van der Waals surface area contributed by atoms with Gasteiger partial charge >= 0.3 is 12.0 Å². The van der Waals surface area contributed by atoms with Gasteiger partial charge in [0, 0.05) is 20.7 Å². The average Bonchev–Trinajstić information content (AvgIpc) is 2.51. The van der Waals surface area contributed by atoms with Crippen molar-refractivity contribution in [3.05, 3.63) is 12.4 Å². The van der Waals surface area contributed by atoms with Crippen molar-refractivity contribution in [3.63, 3.8) is 0 Å². The van der Waals surface area contributed by atoms with E-state index in [0.717, 1.165) is 6.92 Å². The fourth-order valence-electron chi connectivity index (χ4n) is 1.24. The standard InChI is InChI=1S/C8H7BrF3N4O/c1-5(8(10,11)12)17-16-3-2-13-4-6(16)14-7(9)15-16/h2-5H,1H3/q+1. The van der Waals surface area contributed by atoms with Crippen LogP contribution in [0.5, 0.6) is 0 Å². The second-order valence-corrected chi connectivity index (χ2v) is 4.04. The largest absolute Gasteiger partial charge is 0.420 e. The molecule has 0 amide bonds. The van der Waals surface area contributed by atoms with Crippen molar-refractivity contribution in [1.82, 2.24) is 0 Å². The van der Waals surface area contributed by atoms with Gasteiger partial charge in [-0.3, -0.25) is 4.99 Å². The number of hydroxylamine groups is 2. The van der Waals surface area contributed by atoms with Gasteiger partial charge in [0.2, 0.25) is 6.10 Å². The van der Waals surface area contributed by atoms with Crippen LogP contribution >= 0.6 is 15.9 Å². The van der Waals surface area contributed by atoms with Crippen LogP contribution < -0.4 is 0 Å². The van der Waals surface area contributed by atoms with Gasteiger partial charge in [-0.05, 0) is 12.0 Å². The molecule has 2 atom stereocenters. The highest BCUT2D eigenvalue weighted by Crippen LogP contribution is 2.30. The van der Waals surface area contributed by atoms with E-state index in [2.05, 4.69) is 31.0 Å². The molecular weight excluding hydrogens is 305 g/mol. The maximum atomic E-state index is 12.5. The number of hydrogen-bond acceptors (Lipinski definition) is 4. The topological polar surface area (TPSA) is 46.3 Å². The average molecular weight is 312 g/mol. The molecule has 0 saturated heterocycles. The second kappa shape index (κ2) is 4.00. The van der Waals surface area contributed by atoms with Crippen molar-refractivity contribution >= 4 is 32.7 Å². The molecule has 2 rings (SSSR count). The molecule has 0 aromatic rings. The number of amidine groups is 2. The molecular formula is C8H7BrF3N4O+. The van der Waals surface area contributed by atoms with Crippen molar-refractivity contribution in [2.75, 3.05) is 0 Å². The number of rotatable bonds is 2. The molecule has 0 aromatic carbocycles. The van der Waals surface area contributed by atoms with Crippen LogP contribution in [0.1, 0.15) is 6.92 Å². The predicted octanol–water partition coefficient (Wildman–Crippen LogP) is 2.32. The number of halogens is 4. The van der Waals surface area contributed by atoms with Crippen molar-refractivity contribution in [1.29, 1.82) is 0 Å². The highest BCUT2D eigenvalue weighted by atomic mass is 79.9. The molecule has 2 aliphatic heterocycles. The van der Waals surface area contributed by atoms with E-state index >= 15 is 0 Å². The number of hydrogen-bond donors (Lipinski definition) is 0. The fourth-order valence-corrected chi connectivity index (χ4v) is 1.65. The minimum absolute atomic E-state index is 0.153. The summed E-state index contributed by atoms with van der Waals surface area (Å²) in [7, 11) is 0. The smallest absolute Gasteiger partial charge is 0.251 e. The van der Waals surface area contributed by atoms with Crippen molar-refractivity contribution in [3.8, 4) is 0 Å². The molecule has 2 heterocycles. The summed E-state index contributed by atoms with van der Waals surface area (Å²) in [5.74, 6) is 0.162. The zero-order valence-electron chi connectivity index (χ0n) is 8.52. The Kier molecular flexibility index (Phi) is 2.92. The lowest BCUT2D eigenvalue weighted by Gasteiger charge is -2.25. The van der Waals surface area contributed by atoms with E-state index < -0.39 is 17.0 Å². The van der Waals surface area contributed by atoms with Gasteiger partial charge in [0.1, 0.15) is 6.21 Å². The van der Waals surface area contributed by atoms with Crippen LogP contribution in [0.3, 0.4) is 0 Å². The zero-order valence-corrected chi connectivity index (χ0v) is 10.1. The van der Waals surface area contributed by atoms with Gasteiger partial charge in [0.05, 0.1) is 6.20 Å². The summed E-state index contributed by atoms with van der Waals surface area (Å²) in [6, 6.07) is 0. The number of aliphatic imine (C=N–C) groups is 2. The van der Waals surface area contributed by atoms with E-state index in [1.807, 2.05) is 0 Å². The SMILES string of the molecule is CC(O[N+]12C=CN=CC1=NC(Br)=N2)C(F)(F)F. The van der Waals surface area contributed by atoms with E-state index in [4.69, 9.17) is 4.84 Å². The van der Waals surface area contributed by atoms with E-state index in [1.54, 1.807) is 0 Å². The van der Waals surface area contributed by atoms with Gasteiger partial charge in [-0.25, -0.2) is 0 Å². The predicted molar refractivity (Wildman–Crippen MR) is 58.3 cm³/mol. The van der Waals surface area contributed by atoms with Crippen LogP contribution in [-0.4, -0.2) is 33.8 Å². The highest BCUT2D eigenvalue weighted by molar-refractivity contribution is 9.18. The van der Waals surface area contributed by atoms with E-state index in [-0.39, 0.29) is 10.6 Å². The third-order valence-corrected chi connectivity index (χ3v) is 2.43. The first-order valence-electron chi connectivity index (χ1n) is 4.53. The van der Waals surface area contributed by atoms with E-state index in [9.17, 15) is 13.2 Å². The van der Waals surface area contributed by atoms with Crippen molar-refractivity contribution in [2.24, 2.45) is 15.1 Å². The van der Waals surface area contributed by atoms with Crippen LogP contribution in [0.4, 0.5) is 13.2 Å². The molecule has 0 spiro atoms. The molecule has 17 heavy (non-hydrogen) atoms. The van der Waals surface area contributed by atoms with Crippen LogP contribution in [0.25, 0.3) is 0 Å². The Labute approximate surface area is 103 Å². The molecule has 5 nitrogen and oxygen atoms in total. The molecule has 0 saturated carbocycles. The number of fused-ring (bicyclic) bond motifs is 1. The van der Waals surface area contributed by atoms with Gasteiger partial charge < -0.3 is 0 Å². The Bertz CT molecular complexity index is 456. The first kappa shape index (κ1) is 12.4. The van der Waals surface area contributed by atoms with Crippen molar-refractivity contribution in [2.45, 2.75) is 19.2 Å². The monoisotopic (exact) mass is 311 g/mol. The van der Waals surface area contributed by atoms with Gasteiger partial charge in [-0.2, -0.15) is 18.2 Å². The lowest BCUT2D eigenvalue weighted by atomic mass is 10.4. The first-order chi connectivity index (χ1) is 7.83. The molecule has 9 heteroatoms. The Morgan fingerprint density at radius 2 is 2.18 bits per heavy atom. The molecule has 0 aromatic heterocycles. The number of quaternary nitrogens is 1. The highest BCUT2D eigenvalue weighted by Gasteiger charge is 2.50. The molecule has 0 N–H and O–H groups in total. The maximum Gasteiger partial charge on any atom is 0.420 e. The van der Waals surface area contributed by atoms with Crippen LogP contribution in [0.15, 0.2) is 27.5 Å². The van der Waals surface area contributed by atoms with Gasteiger partial charge in [-0.15, -0.1) is 4.84 Å². The summed E-state index contributed by atoms with van der Waals surface area (Å²) in [6.07, 6.45) is -2.58. The van der Waals surface area contributed by atoms with E-state index in [0.29, 0.717) is 0 Å². The second-order valence-electron chi connectivity index (χ2n) is 3.33. The van der Waals surface area contributed by atoms with Gasteiger partial charge in [0.25, 0.3) is 4.74 Å². The first-order valence-corrected chi connectivity index (χ1v) is 5.32. The van der Waals surface area contributed by atoms with Crippen LogP contribution in [-0.2, 0) is 4.84 Å². The quantitative estimate of drug-likeness (QED) is 0.570. The molecule has 0 radical (unpaired) electrons. The minimum Gasteiger partial charge on any atom is -0.251 e. The molecule has 2 aliphatic rings. The molecule has 0 aliphatic carbocycles. The summed E-state index contributed by atoms with van der Waals surface area (Å²) < 4.78 is 36.8. The summed E-state index contributed by atoms with van der Waals surface area (Å²) in [6.45, 7) is 0.909. The lowest BCUT2D eigenvalue weighted by Crippen LogP contribution is -2.48. The van der Waals surface area contributed by atoms with E-state index in [1.165, 1.54) is 18.6 Å². The summed E-state index contributed by atoms with van der Waals surface area (Å²) in [5.41, 5.74) is 0. The Balaban J connectivity index is 2.28. The normalized spacial score (nSPS) is 28.8. The Morgan fingerprint density at radius 3 is 2.82 bits per heavy atom. The fraction of sp³-hybridized carbons (Fsp3) is 0.375. The zero-order chi connectivity index (χ0) is 12.7. The number of alkyl halides is 3. The number of nitrogens with zero attached hydrogens (tertiary/aromatic N) is 4. The Morgan fingerprint density at radius 1 is 1.47 bits per heavy atom. The Hall–Kier alpha value is -1.06. The van der Waals surface area contributed by atoms with Gasteiger partial charge in [-0.1, -0.05) is 0 Å². The lowest BCUT2D eigenvalue weighted by molar-refractivity contribution is -1.01. The minimum atomic E-state index is -4.47. The molecule has 0 bridgehead atoms. The maximum absolute atomic E-state index is 12.5. The third-order valence-electron chi connectivity index (χ3n) is 2.09. The van der Waals surface area contributed by atoms with Crippen molar-refractivity contribution < 1.29 is 22.8 Å². The third kappa shape index (κ3) is 2.31. The van der Waals surface area contributed by atoms with Crippen LogP contribution in [0.2, 0.25) is 0 Å². The van der Waals surface area contributed by atoms with Crippen LogP contribution in [0, 0.1) is 0 Å². The summed E-state index contributed by atoms with van der Waals surface area (Å²) in [4.78, 5) is 12.6. The summed E-state index contributed by atoms with van der Waals surface area (Å²) in [5, 5.41) is 3.86. The van der Waals surface area contributed by atoms with Gasteiger partial charge in [0.15, 0.2) is 6.20 Å². The molecule has 2 unspecified atom stereocenters.